The molecule has 1 N–H and O–H groups in total. The van der Waals surface area contributed by atoms with Gasteiger partial charge in [-0.05, 0) is 36.0 Å². The van der Waals surface area contributed by atoms with Crippen LogP contribution in [0.25, 0.3) is 0 Å². The van der Waals surface area contributed by atoms with Crippen LogP contribution in [0.4, 0.5) is 0 Å². The number of nitrogens with one attached hydrogen (secondary N) is 1. The molecule has 0 aliphatic heterocycles. The van der Waals surface area contributed by atoms with Crippen molar-refractivity contribution >= 4 is 11.3 Å². The van der Waals surface area contributed by atoms with E-state index in [-0.39, 0.29) is 6.04 Å². The standard InChI is InChI=1S/C14H18N2S/c1-3-11-7-5-9-16-13(11)14(15-4-2)12-8-6-10-17-12/h5-10,14-15H,3-4H2,1-2H3. The SMILES string of the molecule is CCNC(c1cccs1)c1ncccc1CC. The topological polar surface area (TPSA) is 24.9 Å². The Labute approximate surface area is 107 Å². The summed E-state index contributed by atoms with van der Waals surface area (Å²) < 4.78 is 0. The lowest BCUT2D eigenvalue weighted by Crippen LogP contribution is -2.23. The molecule has 0 saturated heterocycles. The van der Waals surface area contributed by atoms with Gasteiger partial charge in [0.15, 0.2) is 0 Å². The van der Waals surface area contributed by atoms with Crippen LogP contribution in [0, 0.1) is 0 Å². The second-order valence-electron chi connectivity index (χ2n) is 3.91. The molecule has 0 aliphatic carbocycles. The van der Waals surface area contributed by atoms with Crippen LogP contribution < -0.4 is 5.32 Å². The zero-order chi connectivity index (χ0) is 12.1. The third-order valence-corrected chi connectivity index (χ3v) is 3.75. The van der Waals surface area contributed by atoms with E-state index in [4.69, 9.17) is 0 Å². The van der Waals surface area contributed by atoms with Crippen molar-refractivity contribution in [3.05, 3.63) is 52.0 Å². The summed E-state index contributed by atoms with van der Waals surface area (Å²) >= 11 is 1.78. The Balaban J connectivity index is 2.39. The molecule has 0 bridgehead atoms. The normalized spacial score (nSPS) is 12.6. The molecule has 2 nitrogen and oxygen atoms in total. The summed E-state index contributed by atoms with van der Waals surface area (Å²) in [7, 11) is 0. The lowest BCUT2D eigenvalue weighted by atomic mass is 10.0. The maximum absolute atomic E-state index is 4.57. The predicted molar refractivity (Wildman–Crippen MR) is 73.5 cm³/mol. The van der Waals surface area contributed by atoms with Gasteiger partial charge in [-0.3, -0.25) is 4.98 Å². The van der Waals surface area contributed by atoms with Crippen LogP contribution in [0.2, 0.25) is 0 Å². The molecule has 2 rings (SSSR count). The molecule has 2 heterocycles. The van der Waals surface area contributed by atoms with Crippen molar-refractivity contribution in [1.29, 1.82) is 0 Å². The van der Waals surface area contributed by atoms with Crippen LogP contribution in [0.3, 0.4) is 0 Å². The monoisotopic (exact) mass is 246 g/mol. The third kappa shape index (κ3) is 2.73. The molecule has 3 heteroatoms. The van der Waals surface area contributed by atoms with Crippen LogP contribution in [0.15, 0.2) is 35.8 Å². The largest absolute Gasteiger partial charge is 0.305 e. The van der Waals surface area contributed by atoms with Crippen molar-refractivity contribution < 1.29 is 0 Å². The van der Waals surface area contributed by atoms with Gasteiger partial charge >= 0.3 is 0 Å². The summed E-state index contributed by atoms with van der Waals surface area (Å²) in [5, 5.41) is 5.64. The van der Waals surface area contributed by atoms with Gasteiger partial charge in [-0.1, -0.05) is 26.0 Å². The Kier molecular flexibility index (Phi) is 4.29. The molecule has 0 spiro atoms. The Morgan fingerprint density at radius 2 is 2.18 bits per heavy atom. The van der Waals surface area contributed by atoms with Crippen molar-refractivity contribution in [2.45, 2.75) is 26.3 Å². The molecule has 0 fully saturated rings. The van der Waals surface area contributed by atoms with Crippen molar-refractivity contribution in [2.75, 3.05) is 6.54 Å². The van der Waals surface area contributed by atoms with Gasteiger partial charge < -0.3 is 5.32 Å². The zero-order valence-corrected chi connectivity index (χ0v) is 11.1. The van der Waals surface area contributed by atoms with Gasteiger partial charge in [0.1, 0.15) is 0 Å². The highest BCUT2D eigenvalue weighted by molar-refractivity contribution is 7.10. The molecule has 0 saturated carbocycles. The molecule has 17 heavy (non-hydrogen) atoms. The number of pyridine rings is 1. The molecule has 1 unspecified atom stereocenters. The lowest BCUT2D eigenvalue weighted by molar-refractivity contribution is 0.618. The number of hydrogen-bond acceptors (Lipinski definition) is 3. The first-order valence-corrected chi connectivity index (χ1v) is 6.95. The van der Waals surface area contributed by atoms with E-state index in [9.17, 15) is 0 Å². The van der Waals surface area contributed by atoms with Crippen LogP contribution >= 0.6 is 11.3 Å². The van der Waals surface area contributed by atoms with Crippen LogP contribution in [0.1, 0.15) is 36.0 Å². The number of aryl methyl sites for hydroxylation is 1. The fourth-order valence-electron chi connectivity index (χ4n) is 2.00. The molecular formula is C14H18N2S. The smallest absolute Gasteiger partial charge is 0.0847 e. The number of hydrogen-bond donors (Lipinski definition) is 1. The predicted octanol–water partition coefficient (Wildman–Crippen LogP) is 3.40. The van der Waals surface area contributed by atoms with E-state index in [0.717, 1.165) is 13.0 Å². The summed E-state index contributed by atoms with van der Waals surface area (Å²) in [5.41, 5.74) is 2.49. The fraction of sp³-hybridized carbons (Fsp3) is 0.357. The average Bonchev–Trinajstić information content (AvgIpc) is 2.89. The summed E-state index contributed by atoms with van der Waals surface area (Å²) in [6, 6.07) is 8.68. The van der Waals surface area contributed by atoms with Crippen molar-refractivity contribution in [3.63, 3.8) is 0 Å². The minimum absolute atomic E-state index is 0.233. The highest BCUT2D eigenvalue weighted by atomic mass is 32.1. The molecule has 2 aromatic rings. The maximum Gasteiger partial charge on any atom is 0.0847 e. The van der Waals surface area contributed by atoms with Crippen LogP contribution in [0.5, 0.6) is 0 Å². The third-order valence-electron chi connectivity index (χ3n) is 2.82. The van der Waals surface area contributed by atoms with E-state index < -0.39 is 0 Å². The van der Waals surface area contributed by atoms with Gasteiger partial charge in [-0.25, -0.2) is 0 Å². The summed E-state index contributed by atoms with van der Waals surface area (Å²) in [6.07, 6.45) is 2.91. The number of nitrogens with zero attached hydrogens (tertiary/aromatic N) is 1. The zero-order valence-electron chi connectivity index (χ0n) is 10.3. The number of aromatic nitrogens is 1. The molecule has 0 aromatic carbocycles. The van der Waals surface area contributed by atoms with Gasteiger partial charge in [0.2, 0.25) is 0 Å². The second kappa shape index (κ2) is 5.94. The summed E-state index contributed by atoms with van der Waals surface area (Å²) in [5.74, 6) is 0. The Hall–Kier alpha value is -1.19. The molecule has 1 atom stereocenters. The summed E-state index contributed by atoms with van der Waals surface area (Å²) in [4.78, 5) is 5.90. The highest BCUT2D eigenvalue weighted by Gasteiger charge is 2.17. The lowest BCUT2D eigenvalue weighted by Gasteiger charge is -2.18. The first-order valence-electron chi connectivity index (χ1n) is 6.07. The first-order chi connectivity index (χ1) is 8.36. The summed E-state index contributed by atoms with van der Waals surface area (Å²) in [6.45, 7) is 5.26. The Bertz CT molecular complexity index is 451. The van der Waals surface area contributed by atoms with Gasteiger partial charge in [-0.15, -0.1) is 11.3 Å². The molecule has 0 radical (unpaired) electrons. The molecule has 90 valence electrons. The van der Waals surface area contributed by atoms with E-state index in [0.29, 0.717) is 0 Å². The maximum atomic E-state index is 4.57. The Morgan fingerprint density at radius 1 is 1.29 bits per heavy atom. The number of rotatable bonds is 5. The van der Waals surface area contributed by atoms with Gasteiger partial charge in [0, 0.05) is 11.1 Å². The molecule has 2 aromatic heterocycles. The second-order valence-corrected chi connectivity index (χ2v) is 4.89. The van der Waals surface area contributed by atoms with Crippen molar-refractivity contribution in [2.24, 2.45) is 0 Å². The van der Waals surface area contributed by atoms with Crippen LogP contribution in [-0.4, -0.2) is 11.5 Å². The molecular weight excluding hydrogens is 228 g/mol. The van der Waals surface area contributed by atoms with Crippen molar-refractivity contribution in [1.82, 2.24) is 10.3 Å². The average molecular weight is 246 g/mol. The minimum Gasteiger partial charge on any atom is -0.305 e. The van der Waals surface area contributed by atoms with E-state index in [1.54, 1.807) is 11.3 Å². The first kappa shape index (κ1) is 12.3. The fourth-order valence-corrected chi connectivity index (χ4v) is 2.80. The molecule has 0 aliphatic rings. The van der Waals surface area contributed by atoms with Crippen LogP contribution in [-0.2, 0) is 6.42 Å². The molecule has 0 amide bonds. The van der Waals surface area contributed by atoms with E-state index in [2.05, 4.69) is 47.7 Å². The highest BCUT2D eigenvalue weighted by Crippen LogP contribution is 2.26. The van der Waals surface area contributed by atoms with Crippen molar-refractivity contribution in [3.8, 4) is 0 Å². The minimum atomic E-state index is 0.233. The Morgan fingerprint density at radius 3 is 2.82 bits per heavy atom. The quantitative estimate of drug-likeness (QED) is 0.874. The van der Waals surface area contributed by atoms with E-state index in [1.807, 2.05) is 12.3 Å². The van der Waals surface area contributed by atoms with Gasteiger partial charge in [0.05, 0.1) is 11.7 Å². The van der Waals surface area contributed by atoms with E-state index >= 15 is 0 Å². The number of thiophene rings is 1. The van der Waals surface area contributed by atoms with Gasteiger partial charge in [0.25, 0.3) is 0 Å². The van der Waals surface area contributed by atoms with E-state index in [1.165, 1.54) is 16.1 Å². The van der Waals surface area contributed by atoms with Gasteiger partial charge in [-0.2, -0.15) is 0 Å².